The average molecular weight is 240 g/mol. The first-order valence-corrected chi connectivity index (χ1v) is 7.21. The van der Waals surface area contributed by atoms with Gasteiger partial charge in [0.15, 0.2) is 0 Å². The number of nitrogens with zero attached hydrogens (tertiary/aromatic N) is 1. The molecular weight excluding hydrogens is 212 g/mol. The molecule has 2 aliphatic heterocycles. The van der Waals surface area contributed by atoms with Gasteiger partial charge in [-0.25, -0.2) is 0 Å². The van der Waals surface area contributed by atoms with Crippen LogP contribution in [0, 0.1) is 5.92 Å². The maximum Gasteiger partial charge on any atom is 0.0565 e. The van der Waals surface area contributed by atoms with E-state index in [1.54, 1.807) is 0 Å². The predicted molar refractivity (Wildman–Crippen MR) is 71.0 cm³/mol. The molecule has 0 radical (unpaired) electrons. The fourth-order valence-electron chi connectivity index (χ4n) is 3.55. The second-order valence-corrected chi connectivity index (χ2v) is 6.11. The SMILES string of the molecule is CC1CC(N2CC(CN)CCC2C)CC(C)O1. The molecule has 100 valence electrons. The van der Waals surface area contributed by atoms with Crippen LogP contribution in [0.15, 0.2) is 0 Å². The molecule has 2 saturated heterocycles. The summed E-state index contributed by atoms with van der Waals surface area (Å²) in [5, 5.41) is 0. The van der Waals surface area contributed by atoms with Gasteiger partial charge in [-0.1, -0.05) is 0 Å². The molecule has 3 heteroatoms. The molecule has 2 heterocycles. The van der Waals surface area contributed by atoms with Crippen molar-refractivity contribution < 1.29 is 4.74 Å². The molecule has 0 aliphatic carbocycles. The zero-order valence-corrected chi connectivity index (χ0v) is 11.6. The van der Waals surface area contributed by atoms with Crippen molar-refractivity contribution in [1.29, 1.82) is 0 Å². The molecule has 0 aromatic heterocycles. The number of hydrogen-bond donors (Lipinski definition) is 1. The Kier molecular flexibility index (Phi) is 4.45. The summed E-state index contributed by atoms with van der Waals surface area (Å²) in [5.41, 5.74) is 5.84. The van der Waals surface area contributed by atoms with E-state index in [0.717, 1.165) is 12.6 Å². The van der Waals surface area contributed by atoms with Crippen LogP contribution in [0.1, 0.15) is 46.5 Å². The molecular formula is C14H28N2O. The Morgan fingerprint density at radius 3 is 2.35 bits per heavy atom. The smallest absolute Gasteiger partial charge is 0.0565 e. The van der Waals surface area contributed by atoms with E-state index >= 15 is 0 Å². The maximum atomic E-state index is 5.84. The number of rotatable bonds is 2. The van der Waals surface area contributed by atoms with Crippen molar-refractivity contribution >= 4 is 0 Å². The Hall–Kier alpha value is -0.120. The van der Waals surface area contributed by atoms with Gasteiger partial charge in [0.05, 0.1) is 12.2 Å². The first-order valence-electron chi connectivity index (χ1n) is 7.21. The van der Waals surface area contributed by atoms with Crippen molar-refractivity contribution in [2.24, 2.45) is 11.7 Å². The van der Waals surface area contributed by atoms with Crippen LogP contribution in [0.3, 0.4) is 0 Å². The Morgan fingerprint density at radius 2 is 1.76 bits per heavy atom. The van der Waals surface area contributed by atoms with Gasteiger partial charge in [0, 0.05) is 18.6 Å². The zero-order valence-electron chi connectivity index (χ0n) is 11.6. The van der Waals surface area contributed by atoms with E-state index in [2.05, 4.69) is 25.7 Å². The second-order valence-electron chi connectivity index (χ2n) is 6.11. The third kappa shape index (κ3) is 3.21. The summed E-state index contributed by atoms with van der Waals surface area (Å²) < 4.78 is 5.84. The minimum Gasteiger partial charge on any atom is -0.375 e. The van der Waals surface area contributed by atoms with E-state index in [1.807, 2.05) is 0 Å². The number of hydrogen-bond acceptors (Lipinski definition) is 3. The van der Waals surface area contributed by atoms with Gasteiger partial charge in [-0.3, -0.25) is 4.90 Å². The summed E-state index contributed by atoms with van der Waals surface area (Å²) in [5.74, 6) is 0.708. The van der Waals surface area contributed by atoms with E-state index in [4.69, 9.17) is 10.5 Å². The molecule has 2 fully saturated rings. The summed E-state index contributed by atoms with van der Waals surface area (Å²) in [6, 6.07) is 1.43. The van der Waals surface area contributed by atoms with Crippen LogP contribution in [0.25, 0.3) is 0 Å². The minimum atomic E-state index is 0.411. The lowest BCUT2D eigenvalue weighted by atomic mass is 9.88. The Bertz CT molecular complexity index is 236. The van der Waals surface area contributed by atoms with Gasteiger partial charge in [-0.05, 0) is 58.9 Å². The van der Waals surface area contributed by atoms with Gasteiger partial charge < -0.3 is 10.5 Å². The lowest BCUT2D eigenvalue weighted by Gasteiger charge is -2.46. The fourth-order valence-corrected chi connectivity index (χ4v) is 3.55. The minimum absolute atomic E-state index is 0.411. The molecule has 3 nitrogen and oxygen atoms in total. The van der Waals surface area contributed by atoms with Gasteiger partial charge in [0.1, 0.15) is 0 Å². The Morgan fingerprint density at radius 1 is 1.12 bits per heavy atom. The summed E-state index contributed by atoms with van der Waals surface area (Å²) in [7, 11) is 0. The molecule has 0 aromatic carbocycles. The molecule has 17 heavy (non-hydrogen) atoms. The molecule has 2 rings (SSSR count). The van der Waals surface area contributed by atoms with Crippen molar-refractivity contribution in [3.63, 3.8) is 0 Å². The van der Waals surface area contributed by atoms with Crippen molar-refractivity contribution in [1.82, 2.24) is 4.90 Å². The summed E-state index contributed by atoms with van der Waals surface area (Å²) in [6.07, 6.45) is 5.81. The predicted octanol–water partition coefficient (Wildman–Crippen LogP) is 2.00. The van der Waals surface area contributed by atoms with E-state index < -0.39 is 0 Å². The Labute approximate surface area is 106 Å². The number of ether oxygens (including phenoxy) is 1. The highest BCUT2D eigenvalue weighted by atomic mass is 16.5. The maximum absolute atomic E-state index is 5.84. The van der Waals surface area contributed by atoms with Crippen LogP contribution in [-0.4, -0.2) is 42.3 Å². The molecule has 2 aliphatic rings. The second kappa shape index (κ2) is 5.68. The first-order chi connectivity index (χ1) is 8.10. The molecule has 4 atom stereocenters. The van der Waals surface area contributed by atoms with E-state index in [9.17, 15) is 0 Å². The van der Waals surface area contributed by atoms with E-state index in [0.29, 0.717) is 24.2 Å². The van der Waals surface area contributed by atoms with Crippen LogP contribution >= 0.6 is 0 Å². The van der Waals surface area contributed by atoms with Crippen molar-refractivity contribution in [2.75, 3.05) is 13.1 Å². The lowest BCUT2D eigenvalue weighted by molar-refractivity contribution is -0.0791. The standard InChI is InChI=1S/C14H28N2O/c1-10-4-5-13(8-15)9-16(10)14-6-11(2)17-12(3)7-14/h10-14H,4-9,15H2,1-3H3. The number of nitrogens with two attached hydrogens (primary N) is 1. The van der Waals surface area contributed by atoms with Crippen LogP contribution in [-0.2, 0) is 4.74 Å². The topological polar surface area (TPSA) is 38.5 Å². The van der Waals surface area contributed by atoms with Crippen LogP contribution in [0.4, 0.5) is 0 Å². The monoisotopic (exact) mass is 240 g/mol. The quantitative estimate of drug-likeness (QED) is 0.802. The highest BCUT2D eigenvalue weighted by Gasteiger charge is 2.34. The van der Waals surface area contributed by atoms with Crippen molar-refractivity contribution in [2.45, 2.75) is 70.7 Å². The summed E-state index contributed by atoms with van der Waals surface area (Å²) in [4.78, 5) is 2.70. The number of piperidine rings is 1. The summed E-state index contributed by atoms with van der Waals surface area (Å²) in [6.45, 7) is 8.83. The van der Waals surface area contributed by atoms with Gasteiger partial charge >= 0.3 is 0 Å². The average Bonchev–Trinajstić information content (AvgIpc) is 2.28. The Balaban J connectivity index is 1.98. The van der Waals surface area contributed by atoms with Gasteiger partial charge in [0.25, 0.3) is 0 Å². The number of likely N-dealkylation sites (tertiary alicyclic amines) is 1. The van der Waals surface area contributed by atoms with E-state index in [-0.39, 0.29) is 0 Å². The molecule has 0 spiro atoms. The van der Waals surface area contributed by atoms with Crippen LogP contribution in [0.2, 0.25) is 0 Å². The highest BCUT2D eigenvalue weighted by molar-refractivity contribution is 4.88. The molecule has 4 unspecified atom stereocenters. The summed E-state index contributed by atoms with van der Waals surface area (Å²) >= 11 is 0. The van der Waals surface area contributed by atoms with Crippen LogP contribution < -0.4 is 5.73 Å². The molecule has 0 aromatic rings. The first kappa shape index (κ1) is 13.3. The normalized spacial score (nSPS) is 44.8. The molecule has 0 saturated carbocycles. The van der Waals surface area contributed by atoms with Gasteiger partial charge in [0.2, 0.25) is 0 Å². The highest BCUT2D eigenvalue weighted by Crippen LogP contribution is 2.30. The fraction of sp³-hybridized carbons (Fsp3) is 1.00. The zero-order chi connectivity index (χ0) is 12.4. The molecule has 2 N–H and O–H groups in total. The van der Waals surface area contributed by atoms with E-state index in [1.165, 1.54) is 32.2 Å². The van der Waals surface area contributed by atoms with Gasteiger partial charge in [-0.15, -0.1) is 0 Å². The molecule has 0 amide bonds. The third-order valence-electron chi connectivity index (χ3n) is 4.50. The largest absolute Gasteiger partial charge is 0.375 e. The molecule has 0 bridgehead atoms. The van der Waals surface area contributed by atoms with Crippen LogP contribution in [0.5, 0.6) is 0 Å². The van der Waals surface area contributed by atoms with Crippen molar-refractivity contribution in [3.8, 4) is 0 Å². The van der Waals surface area contributed by atoms with Crippen molar-refractivity contribution in [3.05, 3.63) is 0 Å². The van der Waals surface area contributed by atoms with Gasteiger partial charge in [-0.2, -0.15) is 0 Å². The third-order valence-corrected chi connectivity index (χ3v) is 4.50. The lowest BCUT2D eigenvalue weighted by Crippen LogP contribution is -2.52.